The average Bonchev–Trinajstić information content (AvgIpc) is 2.99. The number of piperidine rings is 1. The van der Waals surface area contributed by atoms with E-state index in [-0.39, 0.29) is 23.7 Å². The summed E-state index contributed by atoms with van der Waals surface area (Å²) in [6, 6.07) is 16.9. The predicted octanol–water partition coefficient (Wildman–Crippen LogP) is 4.75. The largest absolute Gasteiger partial charge is 0.493 e. The second-order valence-corrected chi connectivity index (χ2v) is 10.5. The zero-order chi connectivity index (χ0) is 29.1. The first-order valence-electron chi connectivity index (χ1n) is 13.5. The number of fused-ring (bicyclic) bond motifs is 2. The Balaban J connectivity index is 1.41. The van der Waals surface area contributed by atoms with Crippen LogP contribution in [0.1, 0.15) is 39.9 Å². The van der Waals surface area contributed by atoms with Gasteiger partial charge in [0, 0.05) is 56.0 Å². The molecule has 2 aliphatic heterocycles. The molecule has 41 heavy (non-hydrogen) atoms. The van der Waals surface area contributed by atoms with E-state index in [1.807, 2.05) is 6.07 Å². The van der Waals surface area contributed by atoms with Crippen molar-refractivity contribution in [3.05, 3.63) is 103 Å². The van der Waals surface area contributed by atoms with Crippen LogP contribution in [-0.4, -0.2) is 65.8 Å². The maximum atomic E-state index is 13.4. The molecule has 0 amide bonds. The summed E-state index contributed by atoms with van der Waals surface area (Å²) in [5, 5.41) is 22.1. The minimum Gasteiger partial charge on any atom is -0.493 e. The first-order valence-corrected chi connectivity index (χ1v) is 13.5. The molecule has 2 heterocycles. The second-order valence-electron chi connectivity index (χ2n) is 10.5. The van der Waals surface area contributed by atoms with Crippen molar-refractivity contribution in [1.82, 2.24) is 9.80 Å². The first kappa shape index (κ1) is 28.2. The number of hydrogen-bond donors (Lipinski definition) is 0. The van der Waals surface area contributed by atoms with Gasteiger partial charge in [0.25, 0.3) is 11.4 Å². The maximum Gasteiger partial charge on any atom is 0.269 e. The van der Waals surface area contributed by atoms with Gasteiger partial charge in [-0.15, -0.1) is 0 Å². The summed E-state index contributed by atoms with van der Waals surface area (Å²) in [5.41, 5.74) is 3.17. The third-order valence-corrected chi connectivity index (χ3v) is 8.33. The van der Waals surface area contributed by atoms with E-state index in [9.17, 15) is 25.0 Å². The van der Waals surface area contributed by atoms with Gasteiger partial charge in [0.15, 0.2) is 17.3 Å². The third-order valence-electron chi connectivity index (χ3n) is 8.33. The van der Waals surface area contributed by atoms with E-state index >= 15 is 0 Å². The third kappa shape index (κ3) is 5.63. The van der Waals surface area contributed by atoms with Crippen LogP contribution in [-0.2, 0) is 18.5 Å². The Labute approximate surface area is 237 Å². The monoisotopic (exact) mass is 560 g/mol. The first-order chi connectivity index (χ1) is 19.7. The molecule has 1 spiro atoms. The molecule has 11 nitrogen and oxygen atoms in total. The molecule has 1 fully saturated rings. The van der Waals surface area contributed by atoms with Crippen LogP contribution in [0.4, 0.5) is 11.4 Å². The van der Waals surface area contributed by atoms with Gasteiger partial charge < -0.3 is 14.4 Å². The Kier molecular flexibility index (Phi) is 8.00. The van der Waals surface area contributed by atoms with Gasteiger partial charge in [-0.25, -0.2) is 0 Å². The Bertz CT molecular complexity index is 1450. The highest BCUT2D eigenvalue weighted by Gasteiger charge is 2.47. The summed E-state index contributed by atoms with van der Waals surface area (Å²) in [4.78, 5) is 39.3. The number of carbonyl (C=O) groups is 1. The minimum atomic E-state index is -0.436. The molecule has 3 aromatic carbocycles. The summed E-state index contributed by atoms with van der Waals surface area (Å²) in [6.07, 6.45) is 2.32. The van der Waals surface area contributed by atoms with Crippen molar-refractivity contribution in [3.63, 3.8) is 0 Å². The van der Waals surface area contributed by atoms with Crippen LogP contribution in [0.3, 0.4) is 0 Å². The van der Waals surface area contributed by atoms with E-state index < -0.39 is 15.4 Å². The van der Waals surface area contributed by atoms with Gasteiger partial charge in [-0.3, -0.25) is 29.9 Å². The number of non-ortho nitro benzene ring substituents is 2. The smallest absolute Gasteiger partial charge is 0.269 e. The fraction of sp³-hybridized carbons (Fsp3) is 0.367. The standard InChI is InChI=1S/C30H32N4O7/c1-40-28-17-25-26(18-29(28)41-2)30(32(20-27(25)35)19-22-5-9-24(10-6-22)34(38)39)12-15-31(16-13-30)14-11-21-3-7-23(8-4-21)33(36)37/h3-10,17-18H,11-16,19-20H2,1-2H3. The normalized spacial score (nSPS) is 16.8. The van der Waals surface area contributed by atoms with Gasteiger partial charge in [-0.2, -0.15) is 0 Å². The number of ether oxygens (including phenoxy) is 2. The molecule has 5 rings (SSSR count). The van der Waals surface area contributed by atoms with E-state index in [2.05, 4.69) is 9.80 Å². The van der Waals surface area contributed by atoms with Crippen molar-refractivity contribution in [2.24, 2.45) is 0 Å². The lowest BCUT2D eigenvalue weighted by Crippen LogP contribution is -2.57. The molecule has 214 valence electrons. The molecule has 0 N–H and O–H groups in total. The molecule has 2 aliphatic rings. The highest BCUT2D eigenvalue weighted by Crippen LogP contribution is 2.47. The van der Waals surface area contributed by atoms with Crippen LogP contribution >= 0.6 is 0 Å². The maximum absolute atomic E-state index is 13.4. The van der Waals surface area contributed by atoms with Gasteiger partial charge in [-0.1, -0.05) is 24.3 Å². The van der Waals surface area contributed by atoms with E-state index in [4.69, 9.17) is 9.47 Å². The van der Waals surface area contributed by atoms with Gasteiger partial charge in [0.2, 0.25) is 0 Å². The zero-order valence-corrected chi connectivity index (χ0v) is 23.1. The molecule has 0 unspecified atom stereocenters. The SMILES string of the molecule is COc1cc2c(cc1OC)C1(CCN(CCc3ccc([N+](=O)[O-])cc3)CC1)N(Cc1ccc([N+](=O)[O-])cc1)CC2=O. The quantitative estimate of drug-likeness (QED) is 0.269. The lowest BCUT2D eigenvalue weighted by atomic mass is 9.73. The number of rotatable bonds is 9. The number of nitrogens with zero attached hydrogens (tertiary/aromatic N) is 4. The fourth-order valence-corrected chi connectivity index (χ4v) is 6.03. The topological polar surface area (TPSA) is 128 Å². The summed E-state index contributed by atoms with van der Waals surface area (Å²) in [6.45, 7) is 3.11. The van der Waals surface area contributed by atoms with E-state index in [1.165, 1.54) is 24.3 Å². The number of likely N-dealkylation sites (tertiary alicyclic amines) is 1. The Morgan fingerprint density at radius 3 is 1.90 bits per heavy atom. The van der Waals surface area contributed by atoms with Gasteiger partial charge in [0.1, 0.15) is 0 Å². The molecule has 0 radical (unpaired) electrons. The van der Waals surface area contributed by atoms with Crippen molar-refractivity contribution >= 4 is 17.2 Å². The summed E-state index contributed by atoms with van der Waals surface area (Å²) in [7, 11) is 3.13. The molecule has 0 saturated carbocycles. The number of Topliss-reactive ketones (excluding diaryl/α,β-unsaturated/α-hetero) is 1. The fourth-order valence-electron chi connectivity index (χ4n) is 6.03. The van der Waals surface area contributed by atoms with Crippen LogP contribution in [0.15, 0.2) is 60.7 Å². The van der Waals surface area contributed by atoms with Crippen molar-refractivity contribution < 1.29 is 24.1 Å². The van der Waals surface area contributed by atoms with Crippen molar-refractivity contribution in [3.8, 4) is 11.5 Å². The highest BCUT2D eigenvalue weighted by molar-refractivity contribution is 6.01. The highest BCUT2D eigenvalue weighted by atomic mass is 16.6. The molecule has 11 heteroatoms. The average molecular weight is 561 g/mol. The summed E-state index contributed by atoms with van der Waals surface area (Å²) >= 11 is 0. The van der Waals surface area contributed by atoms with Crippen LogP contribution in [0.2, 0.25) is 0 Å². The number of carbonyl (C=O) groups excluding carboxylic acids is 1. The Morgan fingerprint density at radius 2 is 1.37 bits per heavy atom. The number of benzene rings is 3. The van der Waals surface area contributed by atoms with Crippen LogP contribution in [0.25, 0.3) is 0 Å². The lowest BCUT2D eigenvalue weighted by Gasteiger charge is -2.52. The minimum absolute atomic E-state index is 0.00547. The molecule has 3 aromatic rings. The number of hydrogen-bond acceptors (Lipinski definition) is 9. The molecule has 1 saturated heterocycles. The molecule has 0 aromatic heterocycles. The zero-order valence-electron chi connectivity index (χ0n) is 23.1. The predicted molar refractivity (Wildman–Crippen MR) is 152 cm³/mol. The Morgan fingerprint density at radius 1 is 0.829 bits per heavy atom. The van der Waals surface area contributed by atoms with Crippen molar-refractivity contribution in [2.45, 2.75) is 31.3 Å². The second kappa shape index (κ2) is 11.6. The van der Waals surface area contributed by atoms with Crippen LogP contribution in [0.5, 0.6) is 11.5 Å². The lowest BCUT2D eigenvalue weighted by molar-refractivity contribution is -0.385. The van der Waals surface area contributed by atoms with Crippen LogP contribution < -0.4 is 9.47 Å². The summed E-state index contributed by atoms with van der Waals surface area (Å²) in [5.74, 6) is 1.07. The van der Waals surface area contributed by atoms with Gasteiger partial charge in [-0.05, 0) is 48.1 Å². The summed E-state index contributed by atoms with van der Waals surface area (Å²) < 4.78 is 11.1. The number of ketones is 1. The molecular formula is C30H32N4O7. The van der Waals surface area contributed by atoms with Crippen molar-refractivity contribution in [2.75, 3.05) is 40.4 Å². The van der Waals surface area contributed by atoms with E-state index in [1.54, 1.807) is 44.6 Å². The van der Waals surface area contributed by atoms with Crippen molar-refractivity contribution in [1.29, 1.82) is 0 Å². The molecule has 0 atom stereocenters. The number of nitro benzene ring substituents is 2. The molecule has 0 aliphatic carbocycles. The van der Waals surface area contributed by atoms with Crippen LogP contribution in [0, 0.1) is 20.2 Å². The number of nitro groups is 2. The number of methoxy groups -OCH3 is 2. The van der Waals surface area contributed by atoms with Gasteiger partial charge in [0.05, 0.1) is 36.1 Å². The van der Waals surface area contributed by atoms with E-state index in [0.29, 0.717) is 23.6 Å². The Hall–Kier alpha value is -4.35. The van der Waals surface area contributed by atoms with E-state index in [0.717, 1.165) is 55.6 Å². The van der Waals surface area contributed by atoms with Gasteiger partial charge >= 0.3 is 0 Å². The molecule has 0 bridgehead atoms. The molecular weight excluding hydrogens is 528 g/mol.